The standard InChI is InChI=1S/C19H19N3O3S/c1-22-15-7-3-2-6-14(15)21-19(22)26-12-18(23)20-10-13-11-24-16-8-4-5-9-17(16)25-13/h2-9,13H,10-12H2,1H3,(H,20,23). The highest BCUT2D eigenvalue weighted by atomic mass is 32.2. The molecule has 4 rings (SSSR count). The van der Waals surface area contributed by atoms with Crippen molar-refractivity contribution >= 4 is 28.7 Å². The molecule has 1 atom stereocenters. The van der Waals surface area contributed by atoms with Crippen LogP contribution in [0.5, 0.6) is 11.5 Å². The molecule has 1 amide bonds. The normalized spacial score (nSPS) is 15.8. The Morgan fingerprint density at radius 1 is 1.23 bits per heavy atom. The van der Waals surface area contributed by atoms with Gasteiger partial charge in [0.05, 0.1) is 23.3 Å². The number of nitrogens with zero attached hydrogens (tertiary/aromatic N) is 2. The van der Waals surface area contributed by atoms with Gasteiger partial charge in [0.1, 0.15) is 12.7 Å². The molecule has 7 heteroatoms. The quantitative estimate of drug-likeness (QED) is 0.701. The number of fused-ring (bicyclic) bond motifs is 2. The van der Waals surface area contributed by atoms with Crippen molar-refractivity contribution in [3.8, 4) is 11.5 Å². The van der Waals surface area contributed by atoms with Gasteiger partial charge in [0.2, 0.25) is 5.91 Å². The van der Waals surface area contributed by atoms with Crippen LogP contribution in [0.2, 0.25) is 0 Å². The second kappa shape index (κ2) is 7.29. The number of amides is 1. The minimum Gasteiger partial charge on any atom is -0.486 e. The van der Waals surface area contributed by atoms with Crippen LogP contribution in [0.1, 0.15) is 0 Å². The van der Waals surface area contributed by atoms with E-state index >= 15 is 0 Å². The number of rotatable bonds is 5. The maximum Gasteiger partial charge on any atom is 0.230 e. The van der Waals surface area contributed by atoms with Crippen LogP contribution >= 0.6 is 11.8 Å². The summed E-state index contributed by atoms with van der Waals surface area (Å²) in [6, 6.07) is 15.5. The fraction of sp³-hybridized carbons (Fsp3) is 0.263. The Balaban J connectivity index is 1.29. The summed E-state index contributed by atoms with van der Waals surface area (Å²) in [6.45, 7) is 0.839. The van der Waals surface area contributed by atoms with Crippen LogP contribution in [0.4, 0.5) is 0 Å². The van der Waals surface area contributed by atoms with E-state index in [4.69, 9.17) is 9.47 Å². The lowest BCUT2D eigenvalue weighted by Gasteiger charge is -2.26. The second-order valence-corrected chi connectivity index (χ2v) is 6.97. The molecule has 0 bridgehead atoms. The Hall–Kier alpha value is -2.67. The molecule has 0 saturated carbocycles. The lowest BCUT2D eigenvalue weighted by atomic mass is 10.2. The molecule has 1 unspecified atom stereocenters. The molecular weight excluding hydrogens is 350 g/mol. The van der Waals surface area contributed by atoms with Crippen LogP contribution in [0.15, 0.2) is 53.7 Å². The van der Waals surface area contributed by atoms with Crippen molar-refractivity contribution in [2.24, 2.45) is 7.05 Å². The zero-order valence-corrected chi connectivity index (χ0v) is 15.2. The Morgan fingerprint density at radius 2 is 2.00 bits per heavy atom. The average Bonchev–Trinajstić information content (AvgIpc) is 3.00. The van der Waals surface area contributed by atoms with Gasteiger partial charge in [-0.15, -0.1) is 0 Å². The van der Waals surface area contributed by atoms with E-state index in [1.165, 1.54) is 11.8 Å². The number of hydrogen-bond donors (Lipinski definition) is 1. The van der Waals surface area contributed by atoms with Gasteiger partial charge in [-0.2, -0.15) is 0 Å². The molecular formula is C19H19N3O3S. The lowest BCUT2D eigenvalue weighted by molar-refractivity contribution is -0.119. The van der Waals surface area contributed by atoms with Crippen molar-refractivity contribution in [1.29, 1.82) is 0 Å². The number of carbonyl (C=O) groups is 1. The van der Waals surface area contributed by atoms with Crippen LogP contribution in [-0.2, 0) is 11.8 Å². The van der Waals surface area contributed by atoms with Gasteiger partial charge in [-0.3, -0.25) is 4.79 Å². The van der Waals surface area contributed by atoms with E-state index in [9.17, 15) is 4.79 Å². The number of ether oxygens (including phenoxy) is 2. The van der Waals surface area contributed by atoms with E-state index in [0.717, 1.165) is 21.9 Å². The minimum absolute atomic E-state index is 0.0514. The first kappa shape index (κ1) is 16.8. The molecule has 26 heavy (non-hydrogen) atoms. The highest BCUT2D eigenvalue weighted by molar-refractivity contribution is 7.99. The molecule has 1 aliphatic rings. The summed E-state index contributed by atoms with van der Waals surface area (Å²) < 4.78 is 13.5. The zero-order chi connectivity index (χ0) is 17.9. The molecule has 0 aliphatic carbocycles. The van der Waals surface area contributed by atoms with Crippen molar-refractivity contribution in [3.05, 3.63) is 48.5 Å². The summed E-state index contributed by atoms with van der Waals surface area (Å²) in [5, 5.41) is 3.73. The average molecular weight is 369 g/mol. The molecule has 1 aliphatic heterocycles. The third kappa shape index (κ3) is 3.48. The molecule has 0 fully saturated rings. The smallest absolute Gasteiger partial charge is 0.230 e. The number of imidazole rings is 1. The van der Waals surface area contributed by atoms with Gasteiger partial charge < -0.3 is 19.4 Å². The van der Waals surface area contributed by atoms with Gasteiger partial charge in [0, 0.05) is 7.05 Å². The SMILES string of the molecule is Cn1c(SCC(=O)NCC2COc3ccccc3O2)nc2ccccc21. The van der Waals surface area contributed by atoms with E-state index in [0.29, 0.717) is 24.7 Å². The van der Waals surface area contributed by atoms with Gasteiger partial charge in [-0.25, -0.2) is 4.98 Å². The fourth-order valence-electron chi connectivity index (χ4n) is 2.82. The molecule has 3 aromatic rings. The second-order valence-electron chi connectivity index (χ2n) is 6.03. The Labute approximate surface area is 155 Å². The number of carbonyl (C=O) groups excluding carboxylic acids is 1. The first-order valence-electron chi connectivity index (χ1n) is 8.40. The summed E-state index contributed by atoms with van der Waals surface area (Å²) in [5.41, 5.74) is 1.99. The van der Waals surface area contributed by atoms with Crippen molar-refractivity contribution < 1.29 is 14.3 Å². The van der Waals surface area contributed by atoms with E-state index in [2.05, 4.69) is 10.3 Å². The zero-order valence-electron chi connectivity index (χ0n) is 14.3. The maximum atomic E-state index is 12.2. The lowest BCUT2D eigenvalue weighted by Crippen LogP contribution is -2.41. The summed E-state index contributed by atoms with van der Waals surface area (Å²) in [6.07, 6.45) is -0.186. The minimum atomic E-state index is -0.186. The van der Waals surface area contributed by atoms with Crippen LogP contribution in [0.25, 0.3) is 11.0 Å². The summed E-state index contributed by atoms with van der Waals surface area (Å²) in [7, 11) is 1.96. The first-order valence-corrected chi connectivity index (χ1v) is 9.39. The van der Waals surface area contributed by atoms with Gasteiger partial charge in [0.15, 0.2) is 16.7 Å². The topological polar surface area (TPSA) is 65.4 Å². The highest BCUT2D eigenvalue weighted by Gasteiger charge is 2.21. The first-order chi connectivity index (χ1) is 12.7. The molecule has 0 radical (unpaired) electrons. The molecule has 0 spiro atoms. The largest absolute Gasteiger partial charge is 0.486 e. The van der Waals surface area contributed by atoms with Gasteiger partial charge in [-0.05, 0) is 24.3 Å². The Kier molecular flexibility index (Phi) is 4.71. The monoisotopic (exact) mass is 369 g/mol. The van der Waals surface area contributed by atoms with E-state index < -0.39 is 0 Å². The Morgan fingerprint density at radius 3 is 2.85 bits per heavy atom. The fourth-order valence-corrected chi connectivity index (χ4v) is 3.64. The number of hydrogen-bond acceptors (Lipinski definition) is 5. The predicted octanol–water partition coefficient (Wildman–Crippen LogP) is 2.62. The molecule has 1 N–H and O–H groups in total. The predicted molar refractivity (Wildman–Crippen MR) is 101 cm³/mol. The molecule has 2 heterocycles. The third-order valence-electron chi connectivity index (χ3n) is 4.17. The molecule has 1 aromatic heterocycles. The molecule has 134 valence electrons. The third-order valence-corrected chi connectivity index (χ3v) is 5.20. The van der Waals surface area contributed by atoms with E-state index in [1.807, 2.05) is 60.1 Å². The van der Waals surface area contributed by atoms with E-state index in [1.54, 1.807) is 0 Å². The number of aromatic nitrogens is 2. The van der Waals surface area contributed by atoms with E-state index in [-0.39, 0.29) is 12.0 Å². The van der Waals surface area contributed by atoms with Crippen molar-refractivity contribution in [2.75, 3.05) is 18.9 Å². The maximum absolute atomic E-state index is 12.2. The number of nitrogens with one attached hydrogen (secondary N) is 1. The van der Waals surface area contributed by atoms with Crippen LogP contribution in [0, 0.1) is 0 Å². The van der Waals surface area contributed by atoms with Crippen molar-refractivity contribution in [1.82, 2.24) is 14.9 Å². The highest BCUT2D eigenvalue weighted by Crippen LogP contribution is 2.30. The Bertz CT molecular complexity index is 941. The number of benzene rings is 2. The van der Waals surface area contributed by atoms with Gasteiger partial charge >= 0.3 is 0 Å². The summed E-state index contributed by atoms with van der Waals surface area (Å²) in [5.74, 6) is 1.71. The number of aryl methyl sites for hydroxylation is 1. The van der Waals surface area contributed by atoms with Crippen LogP contribution in [-0.4, -0.2) is 40.5 Å². The van der Waals surface area contributed by atoms with Gasteiger partial charge in [-0.1, -0.05) is 36.0 Å². The molecule has 6 nitrogen and oxygen atoms in total. The van der Waals surface area contributed by atoms with Gasteiger partial charge in [0.25, 0.3) is 0 Å². The summed E-state index contributed by atoms with van der Waals surface area (Å²) >= 11 is 1.42. The van der Waals surface area contributed by atoms with Crippen LogP contribution < -0.4 is 14.8 Å². The summed E-state index contributed by atoms with van der Waals surface area (Å²) in [4.78, 5) is 16.7. The molecule has 0 saturated heterocycles. The van der Waals surface area contributed by atoms with Crippen molar-refractivity contribution in [2.45, 2.75) is 11.3 Å². The number of para-hydroxylation sites is 4. The number of thioether (sulfide) groups is 1. The van der Waals surface area contributed by atoms with Crippen LogP contribution in [0.3, 0.4) is 0 Å². The van der Waals surface area contributed by atoms with Crippen molar-refractivity contribution in [3.63, 3.8) is 0 Å². The molecule has 2 aromatic carbocycles.